The molecule has 2 atom stereocenters. The summed E-state index contributed by atoms with van der Waals surface area (Å²) in [5.74, 6) is -1.82. The first kappa shape index (κ1) is 17.9. The van der Waals surface area contributed by atoms with Gasteiger partial charge < -0.3 is 10.6 Å². The molecule has 24 heavy (non-hydrogen) atoms. The highest BCUT2D eigenvalue weighted by Crippen LogP contribution is 2.15. The third-order valence-electron chi connectivity index (χ3n) is 3.88. The molecule has 0 saturated heterocycles. The number of aryl methyl sites for hydroxylation is 1. The van der Waals surface area contributed by atoms with E-state index in [9.17, 15) is 13.6 Å². The molecule has 2 rings (SSSR count). The van der Waals surface area contributed by atoms with Gasteiger partial charge in [-0.2, -0.15) is 0 Å². The monoisotopic (exact) mass is 332 g/mol. The highest BCUT2D eigenvalue weighted by Gasteiger charge is 2.13. The van der Waals surface area contributed by atoms with Crippen molar-refractivity contribution in [2.75, 3.05) is 0 Å². The van der Waals surface area contributed by atoms with Crippen LogP contribution in [-0.4, -0.2) is 12.1 Å². The molecule has 0 fully saturated rings. The van der Waals surface area contributed by atoms with Crippen molar-refractivity contribution in [1.29, 1.82) is 0 Å². The first-order valence-corrected chi connectivity index (χ1v) is 8.01. The standard InChI is InChI=1S/C19H22F2N2O/c1-13(8-9-15-6-4-3-5-7-15)22-19(24)23-14(2)16-10-11-17(20)18(21)12-16/h3-7,10-14H,8-9H2,1-2H3,(H2,22,23,24)/t13-,14+/m1/s1. The Kier molecular flexibility index (Phi) is 6.29. The van der Waals surface area contributed by atoms with Gasteiger partial charge >= 0.3 is 6.03 Å². The summed E-state index contributed by atoms with van der Waals surface area (Å²) in [6, 6.07) is 12.9. The van der Waals surface area contributed by atoms with Crippen molar-refractivity contribution in [2.45, 2.75) is 38.8 Å². The Balaban J connectivity index is 1.80. The predicted molar refractivity (Wildman–Crippen MR) is 90.7 cm³/mol. The molecule has 0 aliphatic carbocycles. The van der Waals surface area contributed by atoms with Crippen molar-refractivity contribution in [3.05, 3.63) is 71.3 Å². The highest BCUT2D eigenvalue weighted by atomic mass is 19.2. The van der Waals surface area contributed by atoms with Gasteiger partial charge in [-0.1, -0.05) is 36.4 Å². The van der Waals surface area contributed by atoms with Gasteiger partial charge in [0.25, 0.3) is 0 Å². The van der Waals surface area contributed by atoms with Crippen molar-refractivity contribution in [3.8, 4) is 0 Å². The van der Waals surface area contributed by atoms with Gasteiger partial charge in [0.15, 0.2) is 11.6 Å². The van der Waals surface area contributed by atoms with Gasteiger partial charge in [0.2, 0.25) is 0 Å². The van der Waals surface area contributed by atoms with Crippen LogP contribution in [0.15, 0.2) is 48.5 Å². The minimum Gasteiger partial charge on any atom is -0.336 e. The Morgan fingerprint density at radius 3 is 2.38 bits per heavy atom. The van der Waals surface area contributed by atoms with Gasteiger partial charge in [-0.05, 0) is 49.9 Å². The molecule has 2 aromatic rings. The SMILES string of the molecule is C[C@H](CCc1ccccc1)NC(=O)N[C@@H](C)c1ccc(F)c(F)c1. The molecule has 2 aromatic carbocycles. The summed E-state index contributed by atoms with van der Waals surface area (Å²) < 4.78 is 26.2. The zero-order valence-corrected chi connectivity index (χ0v) is 13.9. The Morgan fingerprint density at radius 2 is 1.71 bits per heavy atom. The van der Waals surface area contributed by atoms with Crippen LogP contribution in [0.5, 0.6) is 0 Å². The average Bonchev–Trinajstić information content (AvgIpc) is 2.56. The van der Waals surface area contributed by atoms with E-state index < -0.39 is 17.7 Å². The fourth-order valence-corrected chi connectivity index (χ4v) is 2.43. The van der Waals surface area contributed by atoms with E-state index in [1.54, 1.807) is 6.92 Å². The van der Waals surface area contributed by atoms with E-state index >= 15 is 0 Å². The summed E-state index contributed by atoms with van der Waals surface area (Å²) in [7, 11) is 0. The number of carbonyl (C=O) groups is 1. The fourth-order valence-electron chi connectivity index (χ4n) is 2.43. The maximum absolute atomic E-state index is 13.2. The van der Waals surface area contributed by atoms with Gasteiger partial charge in [-0.25, -0.2) is 13.6 Å². The smallest absolute Gasteiger partial charge is 0.315 e. The lowest BCUT2D eigenvalue weighted by Crippen LogP contribution is -2.41. The van der Waals surface area contributed by atoms with Crippen molar-refractivity contribution >= 4 is 6.03 Å². The summed E-state index contributed by atoms with van der Waals surface area (Å²) in [6.45, 7) is 3.66. The number of benzene rings is 2. The zero-order valence-electron chi connectivity index (χ0n) is 13.9. The Morgan fingerprint density at radius 1 is 1.00 bits per heavy atom. The summed E-state index contributed by atoms with van der Waals surface area (Å²) in [5, 5.41) is 5.59. The van der Waals surface area contributed by atoms with Crippen LogP contribution < -0.4 is 10.6 Å². The molecular formula is C19H22F2N2O. The molecule has 0 aliphatic rings. The number of hydrogen-bond acceptors (Lipinski definition) is 1. The average molecular weight is 332 g/mol. The van der Waals surface area contributed by atoms with Crippen LogP contribution in [0.2, 0.25) is 0 Å². The van der Waals surface area contributed by atoms with Gasteiger partial charge in [0.05, 0.1) is 6.04 Å². The van der Waals surface area contributed by atoms with Crippen molar-refractivity contribution in [3.63, 3.8) is 0 Å². The van der Waals surface area contributed by atoms with Gasteiger partial charge in [-0.3, -0.25) is 0 Å². The maximum atomic E-state index is 13.2. The molecule has 0 heterocycles. The number of amides is 2. The third-order valence-corrected chi connectivity index (χ3v) is 3.88. The van der Waals surface area contributed by atoms with E-state index in [0.717, 1.165) is 25.0 Å². The first-order chi connectivity index (χ1) is 11.5. The Bertz CT molecular complexity index is 676. The number of nitrogens with one attached hydrogen (secondary N) is 2. The van der Waals surface area contributed by atoms with Gasteiger partial charge in [-0.15, -0.1) is 0 Å². The highest BCUT2D eigenvalue weighted by molar-refractivity contribution is 5.74. The largest absolute Gasteiger partial charge is 0.336 e. The molecule has 0 bridgehead atoms. The zero-order chi connectivity index (χ0) is 17.5. The molecule has 5 heteroatoms. The van der Waals surface area contributed by atoms with Crippen LogP contribution in [0.25, 0.3) is 0 Å². The van der Waals surface area contributed by atoms with Crippen LogP contribution in [0.4, 0.5) is 13.6 Å². The van der Waals surface area contributed by atoms with E-state index in [0.29, 0.717) is 5.56 Å². The summed E-state index contributed by atoms with van der Waals surface area (Å²) in [6.07, 6.45) is 1.69. The molecule has 0 unspecified atom stereocenters. The Hall–Kier alpha value is -2.43. The van der Waals surface area contributed by atoms with E-state index in [4.69, 9.17) is 0 Å². The normalized spacial score (nSPS) is 13.2. The molecular weight excluding hydrogens is 310 g/mol. The molecule has 2 N–H and O–H groups in total. The molecule has 2 amide bonds. The van der Waals surface area contributed by atoms with Crippen LogP contribution >= 0.6 is 0 Å². The second-order valence-electron chi connectivity index (χ2n) is 5.94. The first-order valence-electron chi connectivity index (χ1n) is 8.01. The van der Waals surface area contributed by atoms with E-state index in [2.05, 4.69) is 22.8 Å². The molecule has 0 radical (unpaired) electrons. The van der Waals surface area contributed by atoms with E-state index in [1.807, 2.05) is 25.1 Å². The van der Waals surface area contributed by atoms with Crippen LogP contribution in [0.3, 0.4) is 0 Å². The molecule has 0 spiro atoms. The van der Waals surface area contributed by atoms with Crippen LogP contribution in [0, 0.1) is 11.6 Å². The Labute approximate surface area is 141 Å². The van der Waals surface area contributed by atoms with Crippen molar-refractivity contribution < 1.29 is 13.6 Å². The van der Waals surface area contributed by atoms with Crippen LogP contribution in [-0.2, 0) is 6.42 Å². The predicted octanol–water partition coefficient (Wildman–Crippen LogP) is 4.35. The second kappa shape index (κ2) is 8.43. The second-order valence-corrected chi connectivity index (χ2v) is 5.94. The van der Waals surface area contributed by atoms with Crippen LogP contribution in [0.1, 0.15) is 37.4 Å². The molecule has 0 aromatic heterocycles. The lowest BCUT2D eigenvalue weighted by Gasteiger charge is -2.18. The van der Waals surface area contributed by atoms with Crippen molar-refractivity contribution in [2.24, 2.45) is 0 Å². The summed E-state index contributed by atoms with van der Waals surface area (Å²) in [5.41, 5.74) is 1.74. The maximum Gasteiger partial charge on any atom is 0.315 e. The number of halogens is 2. The molecule has 0 aliphatic heterocycles. The number of carbonyl (C=O) groups excluding carboxylic acids is 1. The lowest BCUT2D eigenvalue weighted by atomic mass is 10.1. The third kappa shape index (κ3) is 5.33. The number of urea groups is 1. The topological polar surface area (TPSA) is 41.1 Å². The minimum atomic E-state index is -0.919. The van der Waals surface area contributed by atoms with E-state index in [1.165, 1.54) is 11.6 Å². The van der Waals surface area contributed by atoms with Gasteiger partial charge in [0, 0.05) is 6.04 Å². The molecule has 0 saturated carbocycles. The fraction of sp³-hybridized carbons (Fsp3) is 0.316. The number of hydrogen-bond donors (Lipinski definition) is 2. The van der Waals surface area contributed by atoms with Gasteiger partial charge in [0.1, 0.15) is 0 Å². The summed E-state index contributed by atoms with van der Waals surface area (Å²) in [4.78, 5) is 12.0. The molecule has 3 nitrogen and oxygen atoms in total. The quantitative estimate of drug-likeness (QED) is 0.811. The van der Waals surface area contributed by atoms with Crippen molar-refractivity contribution in [1.82, 2.24) is 10.6 Å². The summed E-state index contributed by atoms with van der Waals surface area (Å²) >= 11 is 0. The number of rotatable bonds is 6. The minimum absolute atomic E-state index is 0.00219. The lowest BCUT2D eigenvalue weighted by molar-refractivity contribution is 0.234. The van der Waals surface area contributed by atoms with E-state index in [-0.39, 0.29) is 12.1 Å². The molecule has 128 valence electrons.